The predicted molar refractivity (Wildman–Crippen MR) is 88.0 cm³/mol. The second-order valence-corrected chi connectivity index (χ2v) is 5.13. The first-order valence-corrected chi connectivity index (χ1v) is 7.43. The molecule has 0 spiro atoms. The van der Waals surface area contributed by atoms with Gasteiger partial charge in [0.15, 0.2) is 0 Å². The Morgan fingerprint density at radius 1 is 1.22 bits per heavy atom. The van der Waals surface area contributed by atoms with Gasteiger partial charge in [-0.1, -0.05) is 24.3 Å². The van der Waals surface area contributed by atoms with Crippen LogP contribution in [0.4, 0.5) is 10.1 Å². The maximum absolute atomic E-state index is 13.7. The molecule has 2 N–H and O–H groups in total. The van der Waals surface area contributed by atoms with Crippen LogP contribution in [0.5, 0.6) is 0 Å². The number of benzene rings is 2. The van der Waals surface area contributed by atoms with E-state index in [2.05, 4.69) is 10.3 Å². The summed E-state index contributed by atoms with van der Waals surface area (Å²) in [6, 6.07) is 13.7. The van der Waals surface area contributed by atoms with E-state index in [1.54, 1.807) is 12.1 Å². The molecule has 0 atom stereocenters. The Morgan fingerprint density at radius 3 is 2.83 bits per heavy atom. The molecule has 4 nitrogen and oxygen atoms in total. The molecule has 2 aromatic carbocycles. The number of ether oxygens (including phenoxy) is 1. The van der Waals surface area contributed by atoms with E-state index in [1.165, 1.54) is 12.1 Å². The average Bonchev–Trinajstić information content (AvgIpc) is 3.00. The van der Waals surface area contributed by atoms with Crippen LogP contribution >= 0.6 is 0 Å². The molecule has 0 saturated heterocycles. The summed E-state index contributed by atoms with van der Waals surface area (Å²) in [5.74, 6) is -0.668. The summed E-state index contributed by atoms with van der Waals surface area (Å²) in [5.41, 5.74) is 2.49. The van der Waals surface area contributed by atoms with E-state index in [1.807, 2.05) is 31.2 Å². The summed E-state index contributed by atoms with van der Waals surface area (Å²) in [7, 11) is 0. The molecule has 1 aromatic heterocycles. The van der Waals surface area contributed by atoms with Gasteiger partial charge in [-0.05, 0) is 31.2 Å². The number of amides is 1. The maximum atomic E-state index is 13.7. The Balaban J connectivity index is 1.85. The number of hydrogen-bond acceptors (Lipinski definition) is 2. The van der Waals surface area contributed by atoms with Crippen LogP contribution in [-0.2, 0) is 11.3 Å². The minimum atomic E-state index is -0.352. The molecule has 5 heteroatoms. The number of rotatable bonds is 5. The molecule has 1 heterocycles. The van der Waals surface area contributed by atoms with E-state index in [9.17, 15) is 9.18 Å². The minimum Gasteiger partial charge on any atom is -0.377 e. The van der Waals surface area contributed by atoms with Crippen molar-refractivity contribution in [1.82, 2.24) is 4.98 Å². The number of aromatic nitrogens is 1. The summed E-state index contributed by atoms with van der Waals surface area (Å²) in [5, 5.41) is 3.25. The highest BCUT2D eigenvalue weighted by molar-refractivity contribution is 6.06. The fourth-order valence-corrected chi connectivity index (χ4v) is 2.41. The van der Waals surface area contributed by atoms with Gasteiger partial charge in [0.25, 0.3) is 5.91 Å². The number of halogens is 1. The topological polar surface area (TPSA) is 54.1 Å². The van der Waals surface area contributed by atoms with Crippen LogP contribution in [0.3, 0.4) is 0 Å². The van der Waals surface area contributed by atoms with Gasteiger partial charge in [0.2, 0.25) is 0 Å². The van der Waals surface area contributed by atoms with Crippen LogP contribution in [0.25, 0.3) is 10.9 Å². The zero-order valence-corrected chi connectivity index (χ0v) is 12.7. The smallest absolute Gasteiger partial charge is 0.272 e. The molecule has 118 valence electrons. The lowest BCUT2D eigenvalue weighted by atomic mass is 10.2. The van der Waals surface area contributed by atoms with Crippen LogP contribution in [-0.4, -0.2) is 17.5 Å². The fourth-order valence-electron chi connectivity index (χ4n) is 2.41. The molecule has 0 bridgehead atoms. The van der Waals surface area contributed by atoms with Crippen molar-refractivity contribution in [3.05, 3.63) is 65.6 Å². The van der Waals surface area contributed by atoms with Gasteiger partial charge in [-0.15, -0.1) is 0 Å². The summed E-state index contributed by atoms with van der Waals surface area (Å²) in [4.78, 5) is 15.4. The van der Waals surface area contributed by atoms with Gasteiger partial charge in [0, 0.05) is 28.8 Å². The number of hydrogen-bond donors (Lipinski definition) is 2. The van der Waals surface area contributed by atoms with Crippen LogP contribution in [0.15, 0.2) is 48.5 Å². The number of para-hydroxylation sites is 1. The van der Waals surface area contributed by atoms with Crippen molar-refractivity contribution in [3.63, 3.8) is 0 Å². The first-order valence-electron chi connectivity index (χ1n) is 7.43. The van der Waals surface area contributed by atoms with Crippen molar-refractivity contribution in [3.8, 4) is 0 Å². The lowest BCUT2D eigenvalue weighted by Crippen LogP contribution is -2.14. The SMILES string of the molecule is CCOCc1ccccc1NC(=O)c1cc2c(F)cccc2[nH]1. The highest BCUT2D eigenvalue weighted by atomic mass is 19.1. The number of carbonyl (C=O) groups is 1. The zero-order valence-electron chi connectivity index (χ0n) is 12.7. The first kappa shape index (κ1) is 15.2. The van der Waals surface area contributed by atoms with E-state index >= 15 is 0 Å². The quantitative estimate of drug-likeness (QED) is 0.745. The number of nitrogens with one attached hydrogen (secondary N) is 2. The lowest BCUT2D eigenvalue weighted by Gasteiger charge is -2.10. The Labute approximate surface area is 133 Å². The summed E-state index contributed by atoms with van der Waals surface area (Å²) < 4.78 is 19.1. The van der Waals surface area contributed by atoms with Gasteiger partial charge in [-0.3, -0.25) is 4.79 Å². The molecular weight excluding hydrogens is 295 g/mol. The van der Waals surface area contributed by atoms with Crippen molar-refractivity contribution in [2.24, 2.45) is 0 Å². The van der Waals surface area contributed by atoms with E-state index in [0.717, 1.165) is 5.56 Å². The summed E-state index contributed by atoms with van der Waals surface area (Å²) in [6.07, 6.45) is 0. The first-order chi connectivity index (χ1) is 11.2. The van der Waals surface area contributed by atoms with Gasteiger partial charge in [-0.25, -0.2) is 4.39 Å². The molecule has 0 aliphatic carbocycles. The second-order valence-electron chi connectivity index (χ2n) is 5.13. The van der Waals surface area contributed by atoms with E-state index in [-0.39, 0.29) is 11.7 Å². The lowest BCUT2D eigenvalue weighted by molar-refractivity contribution is 0.102. The molecule has 1 amide bonds. The van der Waals surface area contributed by atoms with Crippen molar-refractivity contribution >= 4 is 22.5 Å². The van der Waals surface area contributed by atoms with Crippen LogP contribution in [0, 0.1) is 5.82 Å². The molecule has 0 saturated carbocycles. The fraction of sp³-hybridized carbons (Fsp3) is 0.167. The van der Waals surface area contributed by atoms with Crippen molar-refractivity contribution in [2.45, 2.75) is 13.5 Å². The normalized spacial score (nSPS) is 10.9. The Bertz CT molecular complexity index is 842. The molecule has 0 aliphatic heterocycles. The average molecular weight is 312 g/mol. The number of fused-ring (bicyclic) bond motifs is 1. The molecule has 0 fully saturated rings. The second kappa shape index (κ2) is 6.62. The van der Waals surface area contributed by atoms with Gasteiger partial charge < -0.3 is 15.0 Å². The number of anilines is 1. The summed E-state index contributed by atoms with van der Waals surface area (Å²) >= 11 is 0. The van der Waals surface area contributed by atoms with E-state index < -0.39 is 0 Å². The standard InChI is InChI=1S/C18H17FN2O2/c1-2-23-11-12-6-3-4-8-15(12)21-18(22)17-10-13-14(19)7-5-9-16(13)20-17/h3-10,20H,2,11H2,1H3,(H,21,22). The molecule has 0 aliphatic rings. The van der Waals surface area contributed by atoms with Gasteiger partial charge >= 0.3 is 0 Å². The molecule has 3 rings (SSSR count). The monoisotopic (exact) mass is 312 g/mol. The van der Waals surface area contributed by atoms with E-state index in [4.69, 9.17) is 4.74 Å². The molecular formula is C18H17FN2O2. The van der Waals surface area contributed by atoms with E-state index in [0.29, 0.717) is 35.5 Å². The predicted octanol–water partition coefficient (Wildman–Crippen LogP) is 4.10. The molecule has 0 unspecified atom stereocenters. The van der Waals surface area contributed by atoms with Crippen molar-refractivity contribution in [1.29, 1.82) is 0 Å². The van der Waals surface area contributed by atoms with Crippen LogP contribution < -0.4 is 5.32 Å². The third-order valence-corrected chi connectivity index (χ3v) is 3.58. The van der Waals surface area contributed by atoms with Crippen molar-refractivity contribution in [2.75, 3.05) is 11.9 Å². The third kappa shape index (κ3) is 3.24. The largest absolute Gasteiger partial charge is 0.377 e. The molecule has 23 heavy (non-hydrogen) atoms. The summed E-state index contributed by atoms with van der Waals surface area (Å²) in [6.45, 7) is 2.94. The molecule has 0 radical (unpaired) electrons. The Hall–Kier alpha value is -2.66. The number of H-pyrrole nitrogens is 1. The third-order valence-electron chi connectivity index (χ3n) is 3.58. The Kier molecular flexibility index (Phi) is 4.39. The van der Waals surface area contributed by atoms with Gasteiger partial charge in [-0.2, -0.15) is 0 Å². The number of aromatic amines is 1. The minimum absolute atomic E-state index is 0.315. The zero-order chi connectivity index (χ0) is 16.2. The highest BCUT2D eigenvalue weighted by Gasteiger charge is 2.13. The van der Waals surface area contributed by atoms with Gasteiger partial charge in [0.1, 0.15) is 11.5 Å². The maximum Gasteiger partial charge on any atom is 0.272 e. The molecule has 3 aromatic rings. The highest BCUT2D eigenvalue weighted by Crippen LogP contribution is 2.21. The van der Waals surface area contributed by atoms with Crippen LogP contribution in [0.1, 0.15) is 23.0 Å². The van der Waals surface area contributed by atoms with Crippen molar-refractivity contribution < 1.29 is 13.9 Å². The Morgan fingerprint density at radius 2 is 2.04 bits per heavy atom. The van der Waals surface area contributed by atoms with Crippen LogP contribution in [0.2, 0.25) is 0 Å². The van der Waals surface area contributed by atoms with Gasteiger partial charge in [0.05, 0.1) is 6.61 Å². The number of carbonyl (C=O) groups excluding carboxylic acids is 1.